The van der Waals surface area contributed by atoms with Crippen molar-refractivity contribution in [3.63, 3.8) is 0 Å². The Bertz CT molecular complexity index is 3360. The molecule has 0 bridgehead atoms. The largest absolute Gasteiger partial charge is 0.507 e. The topological polar surface area (TPSA) is 56.1 Å². The van der Waals surface area contributed by atoms with Crippen LogP contribution < -0.4 is 0 Å². The third kappa shape index (κ3) is 6.99. The summed E-state index contributed by atoms with van der Waals surface area (Å²) in [5, 5.41) is 33.6. The van der Waals surface area contributed by atoms with Crippen LogP contribution in [0.2, 0.25) is 0 Å². The third-order valence-electron chi connectivity index (χ3n) is 13.1. The number of phenolic OH excluding ortho intramolecular Hbond substituents is 2. The zero-order chi connectivity index (χ0) is 42.3. The van der Waals surface area contributed by atoms with E-state index in [1.165, 1.54) is 0 Å². The van der Waals surface area contributed by atoms with Crippen molar-refractivity contribution in [2.45, 2.75) is 25.4 Å². The number of hydrogen-bond acceptors (Lipinski definition) is 4. The van der Waals surface area contributed by atoms with Crippen molar-refractivity contribution >= 4 is 49.3 Å². The van der Waals surface area contributed by atoms with Crippen LogP contribution in [0.25, 0.3) is 87.6 Å². The Morgan fingerprint density at radius 1 is 0.476 bits per heavy atom. The first-order chi connectivity index (χ1) is 31.1. The molecular weight excluding hydrogens is 769 g/mol. The van der Waals surface area contributed by atoms with E-state index < -0.39 is 0 Å². The predicted octanol–water partition coefficient (Wildman–Crippen LogP) is 14.5. The van der Waals surface area contributed by atoms with Gasteiger partial charge in [-0.2, -0.15) is 0 Å². The second-order valence-corrected chi connectivity index (χ2v) is 16.8. The summed E-state index contributed by atoms with van der Waals surface area (Å²) in [6.45, 7) is 2.10. The minimum absolute atomic E-state index is 0.179. The molecular formula is C59H46N2O2. The summed E-state index contributed by atoms with van der Waals surface area (Å²) in [6.07, 6.45) is 3.93. The maximum absolute atomic E-state index is 12.6. The van der Waals surface area contributed by atoms with Crippen LogP contribution in [0.3, 0.4) is 0 Å². The minimum atomic E-state index is 0.179. The van der Waals surface area contributed by atoms with Crippen molar-refractivity contribution in [3.05, 3.63) is 205 Å². The molecule has 1 aliphatic rings. The maximum Gasteiger partial charge on any atom is 0.132 e. The molecule has 0 aliphatic carbocycles. The molecule has 0 saturated carbocycles. The highest BCUT2D eigenvalue weighted by molar-refractivity contribution is 6.15. The molecule has 4 heteroatoms. The molecule has 0 aromatic heterocycles. The SMILES string of the molecule is Oc1c(/C=N/C[C@@H]2CCCN2Cc2cc3ccccc3c(-c3c(-c4ccccc4)ccc4ccccc34)c2O)cc2ccccc2c1-c1c(-c2ccccc2)ccc2ccccc12. The summed E-state index contributed by atoms with van der Waals surface area (Å²) < 4.78 is 0. The Morgan fingerprint density at radius 3 is 1.49 bits per heavy atom. The van der Waals surface area contributed by atoms with Gasteiger partial charge in [-0.25, -0.2) is 0 Å². The lowest BCUT2D eigenvalue weighted by molar-refractivity contribution is 0.248. The second-order valence-electron chi connectivity index (χ2n) is 16.8. The Hall–Kier alpha value is -7.53. The van der Waals surface area contributed by atoms with E-state index in [9.17, 15) is 10.2 Å². The Morgan fingerprint density at radius 2 is 0.937 bits per heavy atom. The van der Waals surface area contributed by atoms with E-state index >= 15 is 0 Å². The Labute approximate surface area is 367 Å². The van der Waals surface area contributed by atoms with Crippen molar-refractivity contribution in [2.24, 2.45) is 4.99 Å². The monoisotopic (exact) mass is 814 g/mol. The van der Waals surface area contributed by atoms with Crippen molar-refractivity contribution in [1.82, 2.24) is 4.90 Å². The van der Waals surface area contributed by atoms with Gasteiger partial charge in [0.2, 0.25) is 0 Å². The molecule has 1 fully saturated rings. The number of nitrogens with zero attached hydrogens (tertiary/aromatic N) is 2. The molecule has 2 N–H and O–H groups in total. The summed E-state index contributed by atoms with van der Waals surface area (Å²) in [5.41, 5.74) is 9.73. The first-order valence-electron chi connectivity index (χ1n) is 22.0. The highest BCUT2D eigenvalue weighted by atomic mass is 16.3. The maximum atomic E-state index is 12.6. The number of phenols is 2. The van der Waals surface area contributed by atoms with E-state index in [0.29, 0.717) is 24.4 Å². The lowest BCUT2D eigenvalue weighted by Crippen LogP contribution is -2.31. The summed E-state index contributed by atoms with van der Waals surface area (Å²) in [4.78, 5) is 7.56. The highest BCUT2D eigenvalue weighted by Gasteiger charge is 2.28. The van der Waals surface area contributed by atoms with Gasteiger partial charge in [0.25, 0.3) is 0 Å². The molecule has 1 saturated heterocycles. The van der Waals surface area contributed by atoms with Crippen molar-refractivity contribution in [2.75, 3.05) is 13.1 Å². The molecule has 304 valence electrons. The average Bonchev–Trinajstić information content (AvgIpc) is 3.78. The van der Waals surface area contributed by atoms with Crippen LogP contribution in [0.15, 0.2) is 199 Å². The zero-order valence-corrected chi connectivity index (χ0v) is 35.0. The number of fused-ring (bicyclic) bond motifs is 4. The van der Waals surface area contributed by atoms with E-state index in [-0.39, 0.29) is 11.8 Å². The van der Waals surface area contributed by atoms with Crippen LogP contribution in [0.1, 0.15) is 24.0 Å². The molecule has 1 heterocycles. The Kier molecular flexibility index (Phi) is 9.99. The molecule has 63 heavy (non-hydrogen) atoms. The summed E-state index contributed by atoms with van der Waals surface area (Å²) in [6, 6.07) is 67.7. The van der Waals surface area contributed by atoms with Gasteiger partial charge in [0.15, 0.2) is 0 Å². The summed E-state index contributed by atoms with van der Waals surface area (Å²) >= 11 is 0. The van der Waals surface area contributed by atoms with Gasteiger partial charge in [-0.1, -0.05) is 182 Å². The summed E-state index contributed by atoms with van der Waals surface area (Å²) in [7, 11) is 0. The molecule has 0 amide bonds. The molecule has 10 aromatic rings. The average molecular weight is 815 g/mol. The number of benzene rings is 10. The normalized spacial score (nSPS) is 14.4. The van der Waals surface area contributed by atoms with E-state index in [4.69, 9.17) is 4.99 Å². The molecule has 0 unspecified atom stereocenters. The fraction of sp³-hybridized carbons (Fsp3) is 0.102. The van der Waals surface area contributed by atoms with Gasteiger partial charge in [0.05, 0.1) is 6.54 Å². The first-order valence-corrected chi connectivity index (χ1v) is 22.0. The fourth-order valence-corrected chi connectivity index (χ4v) is 10.1. The summed E-state index contributed by atoms with van der Waals surface area (Å²) in [5.74, 6) is 0.555. The number of aliphatic imine (C=N–C) groups is 1. The molecule has 1 aliphatic heterocycles. The van der Waals surface area contributed by atoms with Gasteiger partial charge in [0, 0.05) is 52.2 Å². The minimum Gasteiger partial charge on any atom is -0.507 e. The molecule has 4 nitrogen and oxygen atoms in total. The van der Waals surface area contributed by atoms with Gasteiger partial charge < -0.3 is 10.2 Å². The number of likely N-dealkylation sites (tertiary alicyclic amines) is 1. The first kappa shape index (κ1) is 38.4. The zero-order valence-electron chi connectivity index (χ0n) is 35.0. The van der Waals surface area contributed by atoms with E-state index in [0.717, 1.165) is 113 Å². The van der Waals surface area contributed by atoms with Gasteiger partial charge >= 0.3 is 0 Å². The third-order valence-corrected chi connectivity index (χ3v) is 13.1. The molecule has 0 radical (unpaired) electrons. The van der Waals surface area contributed by atoms with Crippen LogP contribution in [-0.2, 0) is 6.54 Å². The lowest BCUT2D eigenvalue weighted by atomic mass is 9.86. The van der Waals surface area contributed by atoms with Crippen molar-refractivity contribution < 1.29 is 10.2 Å². The molecule has 11 rings (SSSR count). The quantitative estimate of drug-likeness (QED) is 0.143. The van der Waals surface area contributed by atoms with Gasteiger partial charge in [0.1, 0.15) is 11.5 Å². The van der Waals surface area contributed by atoms with Gasteiger partial charge in [-0.15, -0.1) is 0 Å². The van der Waals surface area contributed by atoms with Crippen LogP contribution in [-0.4, -0.2) is 40.5 Å². The van der Waals surface area contributed by atoms with Crippen LogP contribution in [0, 0.1) is 0 Å². The van der Waals surface area contributed by atoms with Crippen LogP contribution >= 0.6 is 0 Å². The lowest BCUT2D eigenvalue weighted by Gasteiger charge is -2.25. The Balaban J connectivity index is 0.960. The van der Waals surface area contributed by atoms with Crippen LogP contribution in [0.5, 0.6) is 11.5 Å². The molecule has 0 spiro atoms. The number of hydrogen-bond donors (Lipinski definition) is 2. The second kappa shape index (κ2) is 16.4. The van der Waals surface area contributed by atoms with Gasteiger partial charge in [-0.05, 0) is 96.9 Å². The van der Waals surface area contributed by atoms with E-state index in [1.54, 1.807) is 0 Å². The fourth-order valence-electron chi connectivity index (χ4n) is 10.1. The van der Waals surface area contributed by atoms with Gasteiger partial charge in [-0.3, -0.25) is 9.89 Å². The van der Waals surface area contributed by atoms with Crippen molar-refractivity contribution in [1.29, 1.82) is 0 Å². The number of rotatable bonds is 9. The van der Waals surface area contributed by atoms with Crippen LogP contribution in [0.4, 0.5) is 0 Å². The van der Waals surface area contributed by atoms with E-state index in [1.807, 2.05) is 24.4 Å². The number of aromatic hydroxyl groups is 2. The molecule has 1 atom stereocenters. The standard InChI is InChI=1S/C59H46N2O2/c62-58-45(34-43-22-9-13-27-50(43)56(58)54-48-25-11-7-20-41(48)29-31-52(54)39-16-3-1-4-17-39)36-60-37-47-24-15-33-61(47)38-46-35-44-23-10-14-28-51(44)57(59(46)63)55-49-26-12-8-21-42(49)30-32-53(55)40-18-5-2-6-19-40/h1-14,16-23,25-32,34-36,47,62-63H,15,24,33,37-38H2/b60-36+/t47-/m0/s1. The van der Waals surface area contributed by atoms with E-state index in [2.05, 4.69) is 181 Å². The predicted molar refractivity (Wildman–Crippen MR) is 264 cm³/mol. The highest BCUT2D eigenvalue weighted by Crippen LogP contribution is 2.48. The smallest absolute Gasteiger partial charge is 0.132 e. The molecule has 10 aromatic carbocycles. The van der Waals surface area contributed by atoms with Crippen molar-refractivity contribution in [3.8, 4) is 56.0 Å².